The van der Waals surface area contributed by atoms with Crippen LogP contribution in [-0.4, -0.2) is 41.7 Å². The smallest absolute Gasteiger partial charge is 0.341 e. The number of hydrogen-bond acceptors (Lipinski definition) is 3. The minimum Gasteiger partial charge on any atom is -0.482 e. The molecular weight excluding hydrogens is 260 g/mol. The standard InChI is InChI=1S/C14H18N2O4/c1-10-6-7-16(8-10)14(19)15-11-2-4-12(5-3-11)20-9-13(17)18/h2-5,10H,6-9H2,1H3,(H,15,19)(H,17,18). The van der Waals surface area contributed by atoms with Crippen LogP contribution >= 0.6 is 0 Å². The molecule has 0 radical (unpaired) electrons. The lowest BCUT2D eigenvalue weighted by molar-refractivity contribution is -0.139. The summed E-state index contributed by atoms with van der Waals surface area (Å²) in [5.74, 6) is -0.0155. The second-order valence-corrected chi connectivity index (χ2v) is 4.98. The predicted molar refractivity (Wildman–Crippen MR) is 73.9 cm³/mol. The summed E-state index contributed by atoms with van der Waals surface area (Å²) in [5, 5.41) is 11.3. The molecule has 0 spiro atoms. The number of hydrogen-bond donors (Lipinski definition) is 2. The van der Waals surface area contributed by atoms with Gasteiger partial charge < -0.3 is 20.1 Å². The molecule has 108 valence electrons. The van der Waals surface area contributed by atoms with Crippen LogP contribution in [0.3, 0.4) is 0 Å². The number of aliphatic carboxylic acids is 1. The first-order valence-electron chi connectivity index (χ1n) is 6.55. The Labute approximate surface area is 117 Å². The minimum atomic E-state index is -1.02. The van der Waals surface area contributed by atoms with E-state index in [1.165, 1.54) is 0 Å². The molecule has 1 heterocycles. The fourth-order valence-corrected chi connectivity index (χ4v) is 2.10. The van der Waals surface area contributed by atoms with Crippen molar-refractivity contribution in [3.8, 4) is 5.75 Å². The summed E-state index contributed by atoms with van der Waals surface area (Å²) in [6.45, 7) is 3.32. The van der Waals surface area contributed by atoms with Gasteiger partial charge in [-0.3, -0.25) is 0 Å². The van der Waals surface area contributed by atoms with E-state index in [1.54, 1.807) is 29.2 Å². The van der Waals surface area contributed by atoms with Gasteiger partial charge in [0.2, 0.25) is 0 Å². The summed E-state index contributed by atoms with van der Waals surface area (Å²) < 4.78 is 5.02. The van der Waals surface area contributed by atoms with Gasteiger partial charge in [0.05, 0.1) is 0 Å². The van der Waals surface area contributed by atoms with Crippen molar-refractivity contribution in [2.24, 2.45) is 5.92 Å². The van der Waals surface area contributed by atoms with E-state index in [1.807, 2.05) is 0 Å². The van der Waals surface area contributed by atoms with Gasteiger partial charge in [0.15, 0.2) is 6.61 Å². The van der Waals surface area contributed by atoms with Crippen molar-refractivity contribution in [2.75, 3.05) is 25.0 Å². The normalized spacial score (nSPS) is 17.9. The molecule has 1 atom stereocenters. The summed E-state index contributed by atoms with van der Waals surface area (Å²) in [6, 6.07) is 6.54. The predicted octanol–water partition coefficient (Wildman–Crippen LogP) is 2.02. The molecule has 2 amide bonds. The van der Waals surface area contributed by atoms with Gasteiger partial charge in [-0.05, 0) is 36.6 Å². The Morgan fingerprint density at radius 1 is 1.40 bits per heavy atom. The SMILES string of the molecule is CC1CCN(C(=O)Nc2ccc(OCC(=O)O)cc2)C1. The Bertz CT molecular complexity index is 486. The van der Waals surface area contributed by atoms with Gasteiger partial charge in [0.1, 0.15) is 5.75 Å². The fraction of sp³-hybridized carbons (Fsp3) is 0.429. The van der Waals surface area contributed by atoms with Crippen molar-refractivity contribution in [1.29, 1.82) is 0 Å². The van der Waals surface area contributed by atoms with E-state index < -0.39 is 5.97 Å². The first kappa shape index (κ1) is 14.2. The van der Waals surface area contributed by atoms with E-state index in [-0.39, 0.29) is 12.6 Å². The number of anilines is 1. The molecule has 1 unspecified atom stereocenters. The third-order valence-electron chi connectivity index (χ3n) is 3.18. The largest absolute Gasteiger partial charge is 0.482 e. The van der Waals surface area contributed by atoms with Crippen LogP contribution in [0, 0.1) is 5.92 Å². The summed E-state index contributed by atoms with van der Waals surface area (Å²) in [6.07, 6.45) is 1.04. The van der Waals surface area contributed by atoms with E-state index in [9.17, 15) is 9.59 Å². The maximum Gasteiger partial charge on any atom is 0.341 e. The van der Waals surface area contributed by atoms with Crippen molar-refractivity contribution >= 4 is 17.7 Å². The molecule has 2 rings (SSSR count). The molecule has 6 nitrogen and oxygen atoms in total. The summed E-state index contributed by atoms with van der Waals surface area (Å²) >= 11 is 0. The van der Waals surface area contributed by atoms with E-state index in [0.29, 0.717) is 17.4 Å². The first-order chi connectivity index (χ1) is 9.54. The number of nitrogens with zero attached hydrogens (tertiary/aromatic N) is 1. The molecule has 1 aliphatic heterocycles. The van der Waals surface area contributed by atoms with Crippen LogP contribution < -0.4 is 10.1 Å². The summed E-state index contributed by atoms with van der Waals surface area (Å²) in [5.41, 5.74) is 0.664. The molecule has 0 bridgehead atoms. The van der Waals surface area contributed by atoms with Crippen molar-refractivity contribution in [1.82, 2.24) is 4.90 Å². The minimum absolute atomic E-state index is 0.103. The van der Waals surface area contributed by atoms with Gasteiger partial charge in [0, 0.05) is 18.8 Å². The molecule has 1 aliphatic rings. The van der Waals surface area contributed by atoms with Crippen LogP contribution in [0.2, 0.25) is 0 Å². The monoisotopic (exact) mass is 278 g/mol. The number of amides is 2. The van der Waals surface area contributed by atoms with E-state index in [2.05, 4.69) is 12.2 Å². The zero-order chi connectivity index (χ0) is 14.5. The third kappa shape index (κ3) is 3.88. The van der Waals surface area contributed by atoms with Crippen molar-refractivity contribution < 1.29 is 19.4 Å². The van der Waals surface area contributed by atoms with Crippen LogP contribution in [0.15, 0.2) is 24.3 Å². The number of carboxylic acid groups (broad SMARTS) is 1. The number of carboxylic acids is 1. The van der Waals surface area contributed by atoms with Gasteiger partial charge in [0.25, 0.3) is 0 Å². The molecule has 1 saturated heterocycles. The molecule has 1 fully saturated rings. The number of benzene rings is 1. The van der Waals surface area contributed by atoms with Gasteiger partial charge in [-0.2, -0.15) is 0 Å². The van der Waals surface area contributed by atoms with Crippen LogP contribution in [0.4, 0.5) is 10.5 Å². The molecule has 1 aromatic carbocycles. The summed E-state index contributed by atoms with van der Waals surface area (Å²) in [4.78, 5) is 24.1. The molecule has 0 aliphatic carbocycles. The second-order valence-electron chi connectivity index (χ2n) is 4.98. The third-order valence-corrected chi connectivity index (χ3v) is 3.18. The number of carbonyl (C=O) groups is 2. The number of carbonyl (C=O) groups excluding carboxylic acids is 1. The highest BCUT2D eigenvalue weighted by Crippen LogP contribution is 2.19. The second kappa shape index (κ2) is 6.27. The topological polar surface area (TPSA) is 78.9 Å². The lowest BCUT2D eigenvalue weighted by Gasteiger charge is -2.16. The Balaban J connectivity index is 1.87. The maximum atomic E-state index is 12.0. The Morgan fingerprint density at radius 3 is 2.65 bits per heavy atom. The van der Waals surface area contributed by atoms with Crippen LogP contribution in [-0.2, 0) is 4.79 Å². The fourth-order valence-electron chi connectivity index (χ4n) is 2.10. The highest BCUT2D eigenvalue weighted by atomic mass is 16.5. The molecule has 6 heteroatoms. The van der Waals surface area contributed by atoms with Crippen LogP contribution in [0.25, 0.3) is 0 Å². The summed E-state index contributed by atoms with van der Waals surface area (Å²) in [7, 11) is 0. The molecule has 0 saturated carbocycles. The van der Waals surface area contributed by atoms with E-state index >= 15 is 0 Å². The number of nitrogens with one attached hydrogen (secondary N) is 1. The number of rotatable bonds is 4. The maximum absolute atomic E-state index is 12.0. The molecular formula is C14H18N2O4. The van der Waals surface area contributed by atoms with Gasteiger partial charge in [-0.15, -0.1) is 0 Å². The average Bonchev–Trinajstić information content (AvgIpc) is 2.85. The van der Waals surface area contributed by atoms with Crippen LogP contribution in [0.5, 0.6) is 5.75 Å². The Morgan fingerprint density at radius 2 is 2.10 bits per heavy atom. The number of urea groups is 1. The van der Waals surface area contributed by atoms with Crippen molar-refractivity contribution in [2.45, 2.75) is 13.3 Å². The zero-order valence-corrected chi connectivity index (χ0v) is 11.3. The number of likely N-dealkylation sites (tertiary alicyclic amines) is 1. The van der Waals surface area contributed by atoms with E-state index in [0.717, 1.165) is 19.5 Å². The van der Waals surface area contributed by atoms with Crippen molar-refractivity contribution in [3.05, 3.63) is 24.3 Å². The first-order valence-corrected chi connectivity index (χ1v) is 6.55. The van der Waals surface area contributed by atoms with Crippen molar-refractivity contribution in [3.63, 3.8) is 0 Å². The van der Waals surface area contributed by atoms with Gasteiger partial charge >= 0.3 is 12.0 Å². The molecule has 0 aromatic heterocycles. The Kier molecular flexibility index (Phi) is 4.45. The highest BCUT2D eigenvalue weighted by molar-refractivity contribution is 5.89. The van der Waals surface area contributed by atoms with Crippen LogP contribution in [0.1, 0.15) is 13.3 Å². The average molecular weight is 278 g/mol. The quantitative estimate of drug-likeness (QED) is 0.883. The molecule has 20 heavy (non-hydrogen) atoms. The molecule has 2 N–H and O–H groups in total. The molecule has 1 aromatic rings. The lowest BCUT2D eigenvalue weighted by Crippen LogP contribution is -2.32. The number of ether oxygens (including phenoxy) is 1. The Hall–Kier alpha value is -2.24. The van der Waals surface area contributed by atoms with Gasteiger partial charge in [-0.1, -0.05) is 6.92 Å². The zero-order valence-electron chi connectivity index (χ0n) is 11.3. The van der Waals surface area contributed by atoms with E-state index in [4.69, 9.17) is 9.84 Å². The highest BCUT2D eigenvalue weighted by Gasteiger charge is 2.22. The van der Waals surface area contributed by atoms with Gasteiger partial charge in [-0.25, -0.2) is 9.59 Å². The lowest BCUT2D eigenvalue weighted by atomic mass is 10.2.